The smallest absolute Gasteiger partial charge is 0.253 e. The van der Waals surface area contributed by atoms with Crippen molar-refractivity contribution in [2.45, 2.75) is 57.5 Å². The van der Waals surface area contributed by atoms with Gasteiger partial charge in [-0.25, -0.2) is 9.50 Å². The van der Waals surface area contributed by atoms with E-state index in [0.29, 0.717) is 22.1 Å². The predicted octanol–water partition coefficient (Wildman–Crippen LogP) is 3.17. The zero-order valence-corrected chi connectivity index (χ0v) is 16.9. The molecule has 1 amide bonds. The first-order valence-electron chi connectivity index (χ1n) is 10.1. The Bertz CT molecular complexity index is 857. The second kappa shape index (κ2) is 6.47. The summed E-state index contributed by atoms with van der Waals surface area (Å²) in [6.07, 6.45) is 8.29. The molecule has 144 valence electrons. The summed E-state index contributed by atoms with van der Waals surface area (Å²) >= 11 is 1.39. The SMILES string of the molecule is Cc1cc(C)n2nc(SCC(=O)NCC34CC5CC(CC(C5)C3)C4)nc2n1. The van der Waals surface area contributed by atoms with Gasteiger partial charge in [0.1, 0.15) is 0 Å². The van der Waals surface area contributed by atoms with Crippen molar-refractivity contribution in [3.8, 4) is 0 Å². The molecule has 27 heavy (non-hydrogen) atoms. The van der Waals surface area contributed by atoms with E-state index in [1.807, 2.05) is 19.9 Å². The van der Waals surface area contributed by atoms with Gasteiger partial charge in [0.05, 0.1) is 5.75 Å². The molecule has 7 heteroatoms. The molecular formula is C20H27N5OS. The van der Waals surface area contributed by atoms with Gasteiger partial charge in [-0.2, -0.15) is 4.98 Å². The lowest BCUT2D eigenvalue weighted by Gasteiger charge is -2.56. The van der Waals surface area contributed by atoms with E-state index in [1.54, 1.807) is 4.52 Å². The van der Waals surface area contributed by atoms with Crippen LogP contribution in [-0.2, 0) is 4.79 Å². The summed E-state index contributed by atoms with van der Waals surface area (Å²) in [6.45, 7) is 4.80. The number of nitrogens with one attached hydrogen (secondary N) is 1. The van der Waals surface area contributed by atoms with Crippen molar-refractivity contribution in [1.29, 1.82) is 0 Å². The molecule has 6 rings (SSSR count). The van der Waals surface area contributed by atoms with Crippen molar-refractivity contribution in [1.82, 2.24) is 24.9 Å². The van der Waals surface area contributed by atoms with Gasteiger partial charge in [0.2, 0.25) is 11.1 Å². The van der Waals surface area contributed by atoms with E-state index in [9.17, 15) is 4.79 Å². The van der Waals surface area contributed by atoms with Gasteiger partial charge in [-0.3, -0.25) is 4.79 Å². The lowest BCUT2D eigenvalue weighted by molar-refractivity contribution is -0.120. The Kier molecular flexibility index (Phi) is 4.18. The number of amides is 1. The Hall–Kier alpha value is -1.63. The minimum atomic E-state index is 0.0930. The molecule has 6 nitrogen and oxygen atoms in total. The first kappa shape index (κ1) is 17.5. The van der Waals surface area contributed by atoms with Crippen molar-refractivity contribution in [2.75, 3.05) is 12.3 Å². The second-order valence-electron chi connectivity index (χ2n) is 9.13. The minimum absolute atomic E-state index is 0.0930. The highest BCUT2D eigenvalue weighted by atomic mass is 32.2. The number of hydrogen-bond donors (Lipinski definition) is 1. The van der Waals surface area contributed by atoms with Gasteiger partial charge in [0, 0.05) is 17.9 Å². The number of nitrogens with zero attached hydrogens (tertiary/aromatic N) is 4. The maximum absolute atomic E-state index is 12.4. The molecule has 4 aliphatic carbocycles. The van der Waals surface area contributed by atoms with Gasteiger partial charge in [-0.1, -0.05) is 11.8 Å². The molecule has 0 saturated heterocycles. The summed E-state index contributed by atoms with van der Waals surface area (Å²) < 4.78 is 1.74. The van der Waals surface area contributed by atoms with E-state index < -0.39 is 0 Å². The van der Waals surface area contributed by atoms with Crippen LogP contribution in [0, 0.1) is 37.0 Å². The fourth-order valence-electron chi connectivity index (χ4n) is 6.18. The largest absolute Gasteiger partial charge is 0.355 e. The molecule has 0 aliphatic heterocycles. The molecule has 4 fully saturated rings. The minimum Gasteiger partial charge on any atom is -0.355 e. The molecule has 0 spiro atoms. The van der Waals surface area contributed by atoms with Gasteiger partial charge in [0.15, 0.2) is 0 Å². The molecule has 4 aliphatic rings. The number of rotatable bonds is 5. The highest BCUT2D eigenvalue weighted by molar-refractivity contribution is 7.99. The Labute approximate surface area is 163 Å². The fraction of sp³-hybridized carbons (Fsp3) is 0.700. The van der Waals surface area contributed by atoms with Crippen molar-refractivity contribution >= 4 is 23.4 Å². The number of carbonyl (C=O) groups is 1. The summed E-state index contributed by atoms with van der Waals surface area (Å²) in [6, 6.07) is 1.98. The van der Waals surface area contributed by atoms with Crippen LogP contribution in [0.4, 0.5) is 0 Å². The van der Waals surface area contributed by atoms with E-state index in [1.165, 1.54) is 50.3 Å². The van der Waals surface area contributed by atoms with Gasteiger partial charge < -0.3 is 5.32 Å². The quantitative estimate of drug-likeness (QED) is 0.801. The van der Waals surface area contributed by atoms with Crippen LogP contribution in [-0.4, -0.2) is 37.8 Å². The van der Waals surface area contributed by atoms with E-state index >= 15 is 0 Å². The van der Waals surface area contributed by atoms with Crippen LogP contribution >= 0.6 is 11.8 Å². The monoisotopic (exact) mass is 385 g/mol. The molecule has 2 aromatic rings. The normalized spacial score (nSPS) is 31.6. The van der Waals surface area contributed by atoms with Crippen LogP contribution in [0.25, 0.3) is 5.78 Å². The highest BCUT2D eigenvalue weighted by Crippen LogP contribution is 2.59. The number of aromatic nitrogens is 4. The van der Waals surface area contributed by atoms with Gasteiger partial charge in [0.25, 0.3) is 5.78 Å². The Morgan fingerprint density at radius 1 is 1.19 bits per heavy atom. The van der Waals surface area contributed by atoms with E-state index in [2.05, 4.69) is 20.4 Å². The fourth-order valence-corrected chi connectivity index (χ4v) is 6.83. The Balaban J connectivity index is 1.18. The maximum Gasteiger partial charge on any atom is 0.253 e. The van der Waals surface area contributed by atoms with E-state index in [0.717, 1.165) is 35.7 Å². The van der Waals surface area contributed by atoms with Crippen LogP contribution < -0.4 is 5.32 Å². The molecule has 1 N–H and O–H groups in total. The summed E-state index contributed by atoms with van der Waals surface area (Å²) in [7, 11) is 0. The third-order valence-corrected chi connectivity index (χ3v) is 7.59. The molecular weight excluding hydrogens is 358 g/mol. The van der Waals surface area contributed by atoms with Crippen molar-refractivity contribution in [3.05, 3.63) is 17.5 Å². The second-order valence-corrected chi connectivity index (χ2v) is 10.1. The zero-order chi connectivity index (χ0) is 18.6. The number of thioether (sulfide) groups is 1. The average Bonchev–Trinajstić information content (AvgIpc) is 3.00. The average molecular weight is 386 g/mol. The molecule has 4 bridgehead atoms. The van der Waals surface area contributed by atoms with E-state index in [-0.39, 0.29) is 5.91 Å². The Morgan fingerprint density at radius 3 is 2.52 bits per heavy atom. The lowest BCUT2D eigenvalue weighted by atomic mass is 9.49. The number of fused-ring (bicyclic) bond motifs is 1. The Morgan fingerprint density at radius 2 is 1.85 bits per heavy atom. The standard InChI is InChI=1S/C20H27N5OS/c1-12-3-13(2)25-18(22-12)23-19(24-25)27-10-17(26)21-11-20-7-14-4-15(8-20)6-16(5-14)9-20/h3,14-16H,4-11H2,1-2H3,(H,21,26). The van der Waals surface area contributed by atoms with Crippen molar-refractivity contribution < 1.29 is 4.79 Å². The van der Waals surface area contributed by atoms with E-state index in [4.69, 9.17) is 0 Å². The number of carbonyl (C=O) groups excluding carboxylic acids is 1. The van der Waals surface area contributed by atoms with Crippen LogP contribution in [0.5, 0.6) is 0 Å². The van der Waals surface area contributed by atoms with Crippen molar-refractivity contribution in [2.24, 2.45) is 23.2 Å². The number of aryl methyl sites for hydroxylation is 2. The molecule has 2 aromatic heterocycles. The molecule has 0 atom stereocenters. The van der Waals surface area contributed by atoms with Crippen LogP contribution in [0.15, 0.2) is 11.2 Å². The third kappa shape index (κ3) is 3.35. The van der Waals surface area contributed by atoms with Gasteiger partial charge >= 0.3 is 0 Å². The summed E-state index contributed by atoms with van der Waals surface area (Å²) in [5, 5.41) is 8.30. The zero-order valence-electron chi connectivity index (χ0n) is 16.1. The first-order chi connectivity index (χ1) is 13.0. The molecule has 4 saturated carbocycles. The highest BCUT2D eigenvalue weighted by Gasteiger charge is 2.50. The number of hydrogen-bond acceptors (Lipinski definition) is 5. The predicted molar refractivity (Wildman–Crippen MR) is 105 cm³/mol. The van der Waals surface area contributed by atoms with Crippen LogP contribution in [0.3, 0.4) is 0 Å². The summed E-state index contributed by atoms with van der Waals surface area (Å²) in [5.41, 5.74) is 2.31. The first-order valence-corrected chi connectivity index (χ1v) is 11.1. The van der Waals surface area contributed by atoms with Gasteiger partial charge in [-0.15, -0.1) is 5.10 Å². The maximum atomic E-state index is 12.4. The van der Waals surface area contributed by atoms with Crippen LogP contribution in [0.1, 0.15) is 49.9 Å². The lowest BCUT2D eigenvalue weighted by Crippen LogP contribution is -2.51. The van der Waals surface area contributed by atoms with Crippen molar-refractivity contribution in [3.63, 3.8) is 0 Å². The summed E-state index contributed by atoms with van der Waals surface area (Å²) in [5.74, 6) is 3.82. The van der Waals surface area contributed by atoms with Gasteiger partial charge in [-0.05, 0) is 81.6 Å². The molecule has 2 heterocycles. The molecule has 0 aromatic carbocycles. The molecule has 0 unspecified atom stereocenters. The topological polar surface area (TPSA) is 72.2 Å². The third-order valence-electron chi connectivity index (χ3n) is 6.76. The van der Waals surface area contributed by atoms with Crippen LogP contribution in [0.2, 0.25) is 0 Å². The molecule has 0 radical (unpaired) electrons. The summed E-state index contributed by atoms with van der Waals surface area (Å²) in [4.78, 5) is 21.3.